The number of aromatic nitrogens is 3. The van der Waals surface area contributed by atoms with Crippen molar-refractivity contribution in [3.8, 4) is 11.3 Å². The van der Waals surface area contributed by atoms with Gasteiger partial charge in [-0.15, -0.1) is 5.10 Å². The lowest BCUT2D eigenvalue weighted by Gasteiger charge is -2.20. The van der Waals surface area contributed by atoms with Gasteiger partial charge in [-0.2, -0.15) is 13.2 Å². The predicted molar refractivity (Wildman–Crippen MR) is 98.6 cm³/mol. The van der Waals surface area contributed by atoms with E-state index in [0.717, 1.165) is 29.0 Å². The quantitative estimate of drug-likeness (QED) is 0.655. The van der Waals surface area contributed by atoms with Gasteiger partial charge in [-0.05, 0) is 42.6 Å². The number of aliphatic imine (C=N–C) groups is 1. The molecule has 1 heterocycles. The molecule has 140 valence electrons. The summed E-state index contributed by atoms with van der Waals surface area (Å²) in [6.07, 6.45) is -4.33. The van der Waals surface area contributed by atoms with E-state index >= 15 is 0 Å². The number of nitrogens with zero attached hydrogens (tertiary/aromatic N) is 4. The van der Waals surface area contributed by atoms with Crippen molar-refractivity contribution >= 4 is 12.4 Å². The number of H-pyrrole nitrogens is 1. The minimum Gasteiger partial charge on any atom is -0.370 e. The van der Waals surface area contributed by atoms with Crippen molar-refractivity contribution in [1.82, 2.24) is 15.4 Å². The number of aromatic amines is 1. The minimum absolute atomic E-state index is 0.387. The fourth-order valence-electron chi connectivity index (χ4n) is 2.79. The van der Waals surface area contributed by atoms with E-state index < -0.39 is 11.7 Å². The van der Waals surface area contributed by atoms with Gasteiger partial charge in [0.2, 0.25) is 0 Å². The number of halogens is 3. The van der Waals surface area contributed by atoms with E-state index in [0.29, 0.717) is 24.5 Å². The van der Waals surface area contributed by atoms with Gasteiger partial charge in [0.05, 0.1) is 17.8 Å². The van der Waals surface area contributed by atoms with Crippen molar-refractivity contribution in [3.05, 3.63) is 65.4 Å². The highest BCUT2D eigenvalue weighted by atomic mass is 19.4. The third kappa shape index (κ3) is 4.33. The molecule has 0 saturated heterocycles. The molecule has 3 aromatic rings. The second-order valence-electron chi connectivity index (χ2n) is 6.12. The maximum Gasteiger partial charge on any atom is 0.416 e. The minimum atomic E-state index is -4.33. The summed E-state index contributed by atoms with van der Waals surface area (Å²) in [5.74, 6) is 0. The average Bonchev–Trinajstić information content (AvgIpc) is 3.10. The molecular formula is C19H18F3N5. The zero-order chi connectivity index (χ0) is 19.4. The Kier molecular flexibility index (Phi) is 5.25. The summed E-state index contributed by atoms with van der Waals surface area (Å²) < 4.78 is 38.1. The topological polar surface area (TPSA) is 57.2 Å². The van der Waals surface area contributed by atoms with E-state index in [9.17, 15) is 13.2 Å². The Morgan fingerprint density at radius 3 is 2.56 bits per heavy atom. The zero-order valence-corrected chi connectivity index (χ0v) is 14.7. The summed E-state index contributed by atoms with van der Waals surface area (Å²) in [6.45, 7) is 4.40. The lowest BCUT2D eigenvalue weighted by Crippen LogP contribution is -2.16. The van der Waals surface area contributed by atoms with E-state index in [2.05, 4.69) is 27.1 Å². The third-order valence-electron chi connectivity index (χ3n) is 4.15. The van der Waals surface area contributed by atoms with Crippen LogP contribution in [0.2, 0.25) is 0 Å². The number of hydrogen-bond acceptors (Lipinski definition) is 4. The highest BCUT2D eigenvalue weighted by Crippen LogP contribution is 2.30. The van der Waals surface area contributed by atoms with E-state index in [1.807, 2.05) is 36.2 Å². The first kappa shape index (κ1) is 18.6. The normalized spacial score (nSPS) is 11.4. The second-order valence-corrected chi connectivity index (χ2v) is 6.12. The first-order chi connectivity index (χ1) is 12.9. The number of anilines is 1. The van der Waals surface area contributed by atoms with Gasteiger partial charge in [-0.1, -0.05) is 23.4 Å². The van der Waals surface area contributed by atoms with Gasteiger partial charge in [-0.25, -0.2) is 0 Å². The van der Waals surface area contributed by atoms with E-state index in [4.69, 9.17) is 0 Å². The Hall–Kier alpha value is -3.16. The van der Waals surface area contributed by atoms with Crippen molar-refractivity contribution in [3.63, 3.8) is 0 Å². The first-order valence-corrected chi connectivity index (χ1v) is 8.18. The highest BCUT2D eigenvalue weighted by Gasteiger charge is 2.30. The Labute approximate surface area is 154 Å². The maximum absolute atomic E-state index is 12.7. The number of nitrogens with one attached hydrogen (secondary N) is 1. The Morgan fingerprint density at radius 2 is 1.89 bits per heavy atom. The Bertz CT molecular complexity index is 916. The fourth-order valence-corrected chi connectivity index (χ4v) is 2.79. The molecule has 0 aliphatic heterocycles. The van der Waals surface area contributed by atoms with E-state index in [1.54, 1.807) is 0 Å². The van der Waals surface area contributed by atoms with Gasteiger partial charge < -0.3 is 4.90 Å². The van der Waals surface area contributed by atoms with Crippen LogP contribution in [0.5, 0.6) is 0 Å². The van der Waals surface area contributed by atoms with Crippen LogP contribution in [-0.2, 0) is 19.3 Å². The van der Waals surface area contributed by atoms with Gasteiger partial charge in [0.15, 0.2) is 0 Å². The summed E-state index contributed by atoms with van der Waals surface area (Å²) in [6, 6.07) is 12.9. The molecule has 5 nitrogen and oxygen atoms in total. The largest absolute Gasteiger partial charge is 0.416 e. The van der Waals surface area contributed by atoms with Crippen molar-refractivity contribution in [2.45, 2.75) is 19.3 Å². The second kappa shape index (κ2) is 7.61. The fraction of sp³-hybridized carbons (Fsp3) is 0.211. The smallest absolute Gasteiger partial charge is 0.370 e. The molecule has 0 saturated carbocycles. The number of hydrogen-bond donors (Lipinski definition) is 1. The molecule has 3 rings (SSSR count). The van der Waals surface area contributed by atoms with E-state index in [-0.39, 0.29) is 0 Å². The van der Waals surface area contributed by atoms with Crippen molar-refractivity contribution in [2.75, 3.05) is 11.9 Å². The van der Waals surface area contributed by atoms with Crippen molar-refractivity contribution < 1.29 is 13.2 Å². The van der Waals surface area contributed by atoms with Gasteiger partial charge >= 0.3 is 6.18 Å². The molecule has 8 heteroatoms. The molecule has 0 aliphatic carbocycles. The summed E-state index contributed by atoms with van der Waals surface area (Å²) >= 11 is 0. The standard InChI is InChI=1S/C19H18F3N5/c1-23-11-17-18(25-26-24-17)14-5-3-4-13(10-14)12-27(2)16-8-6-15(7-9-16)19(20,21)22/h3-10H,1,11-12H2,2H3,(H,24,25,26). The molecule has 0 fully saturated rings. The SMILES string of the molecule is C=NCc1[nH]nnc1-c1cccc(CN(C)c2ccc(C(F)(F)F)cc2)c1. The Morgan fingerprint density at radius 1 is 1.15 bits per heavy atom. The predicted octanol–water partition coefficient (Wildman–Crippen LogP) is 4.33. The van der Waals surface area contributed by atoms with Crippen LogP contribution in [0, 0.1) is 0 Å². The van der Waals surface area contributed by atoms with Crippen molar-refractivity contribution in [2.24, 2.45) is 4.99 Å². The van der Waals surface area contributed by atoms with Gasteiger partial charge in [0.25, 0.3) is 0 Å². The lowest BCUT2D eigenvalue weighted by atomic mass is 10.1. The van der Waals surface area contributed by atoms with Crippen molar-refractivity contribution in [1.29, 1.82) is 0 Å². The van der Waals surface area contributed by atoms with Gasteiger partial charge in [0.1, 0.15) is 5.69 Å². The van der Waals surface area contributed by atoms with Crippen LogP contribution in [0.1, 0.15) is 16.8 Å². The first-order valence-electron chi connectivity index (χ1n) is 8.18. The molecule has 0 aliphatic rings. The Balaban J connectivity index is 1.78. The van der Waals surface area contributed by atoms with Crippen LogP contribution in [-0.4, -0.2) is 29.2 Å². The zero-order valence-electron chi connectivity index (χ0n) is 14.7. The van der Waals surface area contributed by atoms with Crippen LogP contribution in [0.25, 0.3) is 11.3 Å². The van der Waals surface area contributed by atoms with Crippen LogP contribution in [0.15, 0.2) is 53.5 Å². The molecule has 0 bridgehead atoms. The number of alkyl halides is 3. The molecule has 0 spiro atoms. The van der Waals surface area contributed by atoms with Gasteiger partial charge in [0, 0.05) is 24.8 Å². The van der Waals surface area contributed by atoms with E-state index in [1.165, 1.54) is 12.1 Å². The summed E-state index contributed by atoms with van der Waals surface area (Å²) in [5, 5.41) is 10.7. The number of benzene rings is 2. The summed E-state index contributed by atoms with van der Waals surface area (Å²) in [5.41, 5.74) is 3.42. The van der Waals surface area contributed by atoms with Crippen LogP contribution in [0.3, 0.4) is 0 Å². The summed E-state index contributed by atoms with van der Waals surface area (Å²) in [4.78, 5) is 5.73. The third-order valence-corrected chi connectivity index (χ3v) is 4.15. The molecule has 0 radical (unpaired) electrons. The molecule has 2 aromatic carbocycles. The molecule has 1 N–H and O–H groups in total. The van der Waals surface area contributed by atoms with Crippen LogP contribution >= 0.6 is 0 Å². The average molecular weight is 373 g/mol. The molecule has 0 unspecified atom stereocenters. The molecule has 27 heavy (non-hydrogen) atoms. The molecular weight excluding hydrogens is 355 g/mol. The van der Waals surface area contributed by atoms with Gasteiger partial charge in [-0.3, -0.25) is 10.1 Å². The molecule has 0 amide bonds. The molecule has 1 aromatic heterocycles. The monoisotopic (exact) mass is 373 g/mol. The maximum atomic E-state index is 12.7. The summed E-state index contributed by atoms with van der Waals surface area (Å²) in [7, 11) is 1.83. The lowest BCUT2D eigenvalue weighted by molar-refractivity contribution is -0.137. The molecule has 0 atom stereocenters. The number of rotatable bonds is 6. The van der Waals surface area contributed by atoms with Crippen LogP contribution in [0.4, 0.5) is 18.9 Å². The highest BCUT2D eigenvalue weighted by molar-refractivity contribution is 5.62. The van der Waals surface area contributed by atoms with Crippen LogP contribution < -0.4 is 4.90 Å².